The van der Waals surface area contributed by atoms with Gasteiger partial charge < -0.3 is 20.5 Å². The third-order valence-corrected chi connectivity index (χ3v) is 4.40. The van der Waals surface area contributed by atoms with Crippen molar-refractivity contribution in [3.63, 3.8) is 0 Å². The van der Waals surface area contributed by atoms with Crippen molar-refractivity contribution in [1.29, 1.82) is 0 Å². The number of hydrogen-bond acceptors (Lipinski definition) is 5. The second-order valence-electron chi connectivity index (χ2n) is 6.57. The fourth-order valence-corrected chi connectivity index (χ4v) is 2.85. The lowest BCUT2D eigenvalue weighted by Crippen LogP contribution is -2.52. The summed E-state index contributed by atoms with van der Waals surface area (Å²) in [5.41, 5.74) is 0.834. The number of carbonyl (C=O) groups excluding carboxylic acids is 2. The van der Waals surface area contributed by atoms with E-state index in [-0.39, 0.29) is 12.5 Å². The highest BCUT2D eigenvalue weighted by atomic mass is 32.2. The Hall–Kier alpha value is -2.22. The topological polar surface area (TPSA) is 105 Å². The molecule has 0 saturated heterocycles. The number of ether oxygens (including phenoxy) is 1. The lowest BCUT2D eigenvalue weighted by atomic mass is 10.0. The molecule has 0 aromatic heterocycles. The number of alkyl carbamates (subject to hydrolysis) is 1. The summed E-state index contributed by atoms with van der Waals surface area (Å²) in [6.07, 6.45) is 1.87. The van der Waals surface area contributed by atoms with Crippen LogP contribution >= 0.6 is 11.8 Å². The van der Waals surface area contributed by atoms with Crippen LogP contribution in [-0.2, 0) is 20.9 Å². The monoisotopic (exact) mass is 396 g/mol. The van der Waals surface area contributed by atoms with E-state index in [1.165, 1.54) is 11.8 Å². The average Bonchev–Trinajstić information content (AvgIpc) is 2.63. The third kappa shape index (κ3) is 9.33. The van der Waals surface area contributed by atoms with E-state index in [1.54, 1.807) is 0 Å². The summed E-state index contributed by atoms with van der Waals surface area (Å²) in [7, 11) is 0. The lowest BCUT2D eigenvalue weighted by molar-refractivity contribution is -0.142. The van der Waals surface area contributed by atoms with Crippen molar-refractivity contribution in [2.45, 2.75) is 45.4 Å². The van der Waals surface area contributed by atoms with Gasteiger partial charge in [0, 0.05) is 0 Å². The van der Waals surface area contributed by atoms with Gasteiger partial charge in [-0.15, -0.1) is 0 Å². The maximum Gasteiger partial charge on any atom is 0.408 e. The van der Waals surface area contributed by atoms with Gasteiger partial charge in [-0.25, -0.2) is 9.59 Å². The minimum Gasteiger partial charge on any atom is -0.480 e. The third-order valence-electron chi connectivity index (χ3n) is 3.75. The number of benzene rings is 1. The maximum absolute atomic E-state index is 12.5. The molecule has 3 N–H and O–H groups in total. The van der Waals surface area contributed by atoms with Crippen LogP contribution in [-0.4, -0.2) is 47.2 Å². The van der Waals surface area contributed by atoms with Crippen LogP contribution in [0.2, 0.25) is 0 Å². The molecule has 1 rings (SSSR count). The zero-order valence-electron chi connectivity index (χ0n) is 15.9. The quantitative estimate of drug-likeness (QED) is 0.531. The number of rotatable bonds is 11. The Bertz CT molecular complexity index is 609. The molecule has 150 valence electrons. The summed E-state index contributed by atoms with van der Waals surface area (Å²) in [6, 6.07) is 7.36. The number of carboxylic acids is 1. The molecule has 0 aliphatic carbocycles. The van der Waals surface area contributed by atoms with Crippen LogP contribution in [0.5, 0.6) is 0 Å². The van der Waals surface area contributed by atoms with Gasteiger partial charge in [-0.3, -0.25) is 4.79 Å². The molecule has 0 saturated carbocycles. The van der Waals surface area contributed by atoms with Crippen molar-refractivity contribution in [1.82, 2.24) is 10.6 Å². The second kappa shape index (κ2) is 12.2. The summed E-state index contributed by atoms with van der Waals surface area (Å²) in [6.45, 7) is 3.85. The zero-order valence-corrected chi connectivity index (χ0v) is 16.8. The number of hydrogen-bond donors (Lipinski definition) is 3. The second-order valence-corrected chi connectivity index (χ2v) is 7.55. The standard InChI is InChI=1S/C19H28N2O5S/c1-13(2)11-16(18(23)24)20-17(22)15(9-10-27-3)21-19(25)26-12-14-7-5-4-6-8-14/h4-8,13,15-16H,9-12H2,1-3H3,(H,20,22)(H,21,25)(H,23,24)/t15-,16-/m0/s1. The van der Waals surface area contributed by atoms with E-state index in [4.69, 9.17) is 4.74 Å². The van der Waals surface area contributed by atoms with Crippen LogP contribution in [0.3, 0.4) is 0 Å². The normalized spacial score (nSPS) is 12.9. The molecule has 27 heavy (non-hydrogen) atoms. The Labute approximate surface area is 164 Å². The van der Waals surface area contributed by atoms with Gasteiger partial charge in [0.1, 0.15) is 18.7 Å². The van der Waals surface area contributed by atoms with E-state index in [2.05, 4.69) is 10.6 Å². The molecule has 0 unspecified atom stereocenters. The van der Waals surface area contributed by atoms with Gasteiger partial charge in [-0.05, 0) is 36.3 Å². The van der Waals surface area contributed by atoms with E-state index >= 15 is 0 Å². The zero-order chi connectivity index (χ0) is 20.2. The molecular weight excluding hydrogens is 368 g/mol. The lowest BCUT2D eigenvalue weighted by Gasteiger charge is -2.22. The molecule has 0 heterocycles. The van der Waals surface area contributed by atoms with Gasteiger partial charge in [-0.2, -0.15) is 11.8 Å². The van der Waals surface area contributed by atoms with Crippen molar-refractivity contribution >= 4 is 29.7 Å². The first kappa shape index (κ1) is 22.8. The molecule has 1 aromatic carbocycles. The SMILES string of the molecule is CSCC[C@H](NC(=O)OCc1ccccc1)C(=O)N[C@@H](CC(C)C)C(=O)O. The first-order valence-electron chi connectivity index (χ1n) is 8.82. The van der Waals surface area contributed by atoms with Crippen molar-refractivity contribution in [2.75, 3.05) is 12.0 Å². The van der Waals surface area contributed by atoms with E-state index in [0.29, 0.717) is 18.6 Å². The minimum atomic E-state index is -1.09. The van der Waals surface area contributed by atoms with Crippen LogP contribution in [0.25, 0.3) is 0 Å². The number of carboxylic acid groups (broad SMARTS) is 1. The molecule has 0 aliphatic heterocycles. The van der Waals surface area contributed by atoms with Crippen LogP contribution < -0.4 is 10.6 Å². The molecule has 2 atom stereocenters. The van der Waals surface area contributed by atoms with E-state index < -0.39 is 30.1 Å². The van der Waals surface area contributed by atoms with Gasteiger partial charge in [0.05, 0.1) is 0 Å². The highest BCUT2D eigenvalue weighted by molar-refractivity contribution is 7.98. The summed E-state index contributed by atoms with van der Waals surface area (Å²) >= 11 is 1.53. The van der Waals surface area contributed by atoms with Crippen LogP contribution in [0.1, 0.15) is 32.3 Å². The Morgan fingerprint density at radius 1 is 1.11 bits per heavy atom. The predicted molar refractivity (Wildman–Crippen MR) is 106 cm³/mol. The molecule has 8 heteroatoms. The molecule has 1 aromatic rings. The molecule has 0 aliphatic rings. The first-order valence-corrected chi connectivity index (χ1v) is 10.2. The Kier molecular flexibility index (Phi) is 10.3. The van der Waals surface area contributed by atoms with Crippen molar-refractivity contribution in [3.8, 4) is 0 Å². The largest absolute Gasteiger partial charge is 0.480 e. The van der Waals surface area contributed by atoms with E-state index in [9.17, 15) is 19.5 Å². The van der Waals surface area contributed by atoms with Crippen LogP contribution in [0.15, 0.2) is 30.3 Å². The Morgan fingerprint density at radius 3 is 2.33 bits per heavy atom. The fraction of sp³-hybridized carbons (Fsp3) is 0.526. The summed E-state index contributed by atoms with van der Waals surface area (Å²) < 4.78 is 5.15. The Balaban J connectivity index is 2.65. The minimum absolute atomic E-state index is 0.0919. The molecule has 2 amide bonds. The summed E-state index contributed by atoms with van der Waals surface area (Å²) in [4.78, 5) is 35.9. The van der Waals surface area contributed by atoms with E-state index in [1.807, 2.05) is 50.4 Å². The predicted octanol–water partition coefficient (Wildman–Crippen LogP) is 2.65. The highest BCUT2D eigenvalue weighted by Crippen LogP contribution is 2.08. The van der Waals surface area contributed by atoms with Crippen LogP contribution in [0, 0.1) is 5.92 Å². The van der Waals surface area contributed by atoms with E-state index in [0.717, 1.165) is 5.56 Å². The molecule has 7 nitrogen and oxygen atoms in total. The molecule has 0 radical (unpaired) electrons. The number of carbonyl (C=O) groups is 3. The van der Waals surface area contributed by atoms with Gasteiger partial charge in [0.2, 0.25) is 5.91 Å². The summed E-state index contributed by atoms with van der Waals surface area (Å²) in [5, 5.41) is 14.3. The molecular formula is C19H28N2O5S. The Morgan fingerprint density at radius 2 is 1.78 bits per heavy atom. The van der Waals surface area contributed by atoms with Crippen LogP contribution in [0.4, 0.5) is 4.79 Å². The molecule has 0 bridgehead atoms. The molecule has 0 fully saturated rings. The fourth-order valence-electron chi connectivity index (χ4n) is 2.38. The van der Waals surface area contributed by atoms with Gasteiger partial charge >= 0.3 is 12.1 Å². The van der Waals surface area contributed by atoms with Gasteiger partial charge in [0.15, 0.2) is 0 Å². The summed E-state index contributed by atoms with van der Waals surface area (Å²) in [5.74, 6) is -0.861. The van der Waals surface area contributed by atoms with Crippen molar-refractivity contribution in [3.05, 3.63) is 35.9 Å². The highest BCUT2D eigenvalue weighted by Gasteiger charge is 2.27. The number of aliphatic carboxylic acids is 1. The number of nitrogens with one attached hydrogen (secondary N) is 2. The van der Waals surface area contributed by atoms with Crippen molar-refractivity contribution < 1.29 is 24.2 Å². The number of amides is 2. The average molecular weight is 397 g/mol. The first-order chi connectivity index (χ1) is 12.8. The van der Waals surface area contributed by atoms with Crippen molar-refractivity contribution in [2.24, 2.45) is 5.92 Å². The van der Waals surface area contributed by atoms with Gasteiger partial charge in [0.25, 0.3) is 0 Å². The smallest absolute Gasteiger partial charge is 0.408 e. The maximum atomic E-state index is 12.5. The van der Waals surface area contributed by atoms with Gasteiger partial charge in [-0.1, -0.05) is 44.2 Å². The number of thioether (sulfide) groups is 1. The molecule has 0 spiro atoms.